The molecular weight excluding hydrogens is 372 g/mol. The molecule has 4 aromatic rings. The summed E-state index contributed by atoms with van der Waals surface area (Å²) in [7, 11) is 0. The maximum Gasteiger partial charge on any atom is 0.229 e. The Bertz CT molecular complexity index is 1130. The topological polar surface area (TPSA) is 66.0 Å². The van der Waals surface area contributed by atoms with Crippen LogP contribution in [0.5, 0.6) is 0 Å². The Kier molecular flexibility index (Phi) is 5.12. The lowest BCUT2D eigenvalue weighted by molar-refractivity contribution is 0.578. The minimum atomic E-state index is 0.555. The minimum Gasteiger partial charge on any atom is -0.372 e. The number of fused-ring (bicyclic) bond motifs is 1. The van der Waals surface area contributed by atoms with Crippen molar-refractivity contribution in [3.05, 3.63) is 73.1 Å². The number of nitrogens with one attached hydrogen (secondary N) is 2. The van der Waals surface area contributed by atoms with Gasteiger partial charge in [-0.1, -0.05) is 18.2 Å². The first-order valence-electron chi connectivity index (χ1n) is 10.4. The lowest BCUT2D eigenvalue weighted by atomic mass is 10.1. The molecule has 1 saturated heterocycles. The van der Waals surface area contributed by atoms with E-state index >= 15 is 0 Å². The van der Waals surface area contributed by atoms with Crippen LogP contribution in [0.1, 0.15) is 19.3 Å². The summed E-state index contributed by atoms with van der Waals surface area (Å²) in [5.74, 6) is 1.27. The predicted octanol–water partition coefficient (Wildman–Crippen LogP) is 5.50. The summed E-state index contributed by atoms with van der Waals surface area (Å²) in [4.78, 5) is 15.9. The van der Waals surface area contributed by atoms with Crippen LogP contribution in [0.25, 0.3) is 10.9 Å². The Morgan fingerprint density at radius 1 is 0.733 bits per heavy atom. The SMILES string of the molecule is c1cnc2c(Nc3ccnc(Nc4ccc(N5CCCCC5)cc4)n3)cccc2c1. The Hall–Kier alpha value is -3.67. The molecule has 0 aliphatic carbocycles. The zero-order valence-corrected chi connectivity index (χ0v) is 16.8. The van der Waals surface area contributed by atoms with Gasteiger partial charge in [-0.15, -0.1) is 0 Å². The second kappa shape index (κ2) is 8.37. The molecule has 2 aromatic carbocycles. The third-order valence-corrected chi connectivity index (χ3v) is 5.40. The van der Waals surface area contributed by atoms with E-state index in [0.29, 0.717) is 5.95 Å². The van der Waals surface area contributed by atoms with E-state index in [1.165, 1.54) is 24.9 Å². The van der Waals surface area contributed by atoms with Crippen molar-refractivity contribution in [2.24, 2.45) is 0 Å². The van der Waals surface area contributed by atoms with Gasteiger partial charge >= 0.3 is 0 Å². The zero-order chi connectivity index (χ0) is 20.2. The average molecular weight is 396 g/mol. The second-order valence-corrected chi connectivity index (χ2v) is 7.49. The van der Waals surface area contributed by atoms with Crippen LogP contribution in [-0.2, 0) is 0 Å². The number of anilines is 5. The molecule has 0 saturated carbocycles. The largest absolute Gasteiger partial charge is 0.372 e. The fourth-order valence-electron chi connectivity index (χ4n) is 3.87. The van der Waals surface area contributed by atoms with Gasteiger partial charge < -0.3 is 15.5 Å². The summed E-state index contributed by atoms with van der Waals surface area (Å²) in [5.41, 5.74) is 4.09. The molecule has 2 N–H and O–H groups in total. The molecule has 6 heteroatoms. The van der Waals surface area contributed by atoms with Crippen LogP contribution in [0.2, 0.25) is 0 Å². The van der Waals surface area contributed by atoms with E-state index in [9.17, 15) is 0 Å². The summed E-state index contributed by atoms with van der Waals surface area (Å²) in [6, 6.07) is 20.4. The highest BCUT2D eigenvalue weighted by Gasteiger charge is 2.11. The van der Waals surface area contributed by atoms with Crippen molar-refractivity contribution in [3.8, 4) is 0 Å². The zero-order valence-electron chi connectivity index (χ0n) is 16.8. The third kappa shape index (κ3) is 4.03. The molecule has 3 heterocycles. The van der Waals surface area contributed by atoms with E-state index < -0.39 is 0 Å². The highest BCUT2D eigenvalue weighted by Crippen LogP contribution is 2.25. The molecule has 150 valence electrons. The molecule has 1 aliphatic rings. The standard InChI is InChI=1S/C24H24N6/c1-2-16-30(17-3-1)20-11-9-19(10-12-20)27-24-26-15-13-22(29-24)28-21-8-4-6-18-7-5-14-25-23(18)21/h4-15H,1-3,16-17H2,(H2,26,27,28,29). The van der Waals surface area contributed by atoms with Gasteiger partial charge in [-0.25, -0.2) is 4.98 Å². The molecule has 0 atom stereocenters. The van der Waals surface area contributed by atoms with Crippen LogP contribution >= 0.6 is 0 Å². The van der Waals surface area contributed by atoms with Gasteiger partial charge in [0, 0.05) is 42.2 Å². The number of rotatable bonds is 5. The van der Waals surface area contributed by atoms with Crippen LogP contribution in [0.15, 0.2) is 73.1 Å². The fraction of sp³-hybridized carbons (Fsp3) is 0.208. The molecular formula is C24H24N6. The van der Waals surface area contributed by atoms with Gasteiger partial charge in [0.25, 0.3) is 0 Å². The molecule has 2 aromatic heterocycles. The second-order valence-electron chi connectivity index (χ2n) is 7.49. The molecule has 0 spiro atoms. The van der Waals surface area contributed by atoms with Crippen molar-refractivity contribution in [2.45, 2.75) is 19.3 Å². The molecule has 1 fully saturated rings. The third-order valence-electron chi connectivity index (χ3n) is 5.40. The highest BCUT2D eigenvalue weighted by molar-refractivity contribution is 5.91. The van der Waals surface area contributed by atoms with E-state index in [0.717, 1.165) is 41.2 Å². The van der Waals surface area contributed by atoms with Gasteiger partial charge in [0.05, 0.1) is 11.2 Å². The summed E-state index contributed by atoms with van der Waals surface area (Å²) in [6.45, 7) is 2.29. The Morgan fingerprint density at radius 2 is 1.57 bits per heavy atom. The van der Waals surface area contributed by atoms with E-state index in [1.54, 1.807) is 12.4 Å². The average Bonchev–Trinajstić information content (AvgIpc) is 2.81. The number of benzene rings is 2. The van der Waals surface area contributed by atoms with Gasteiger partial charge in [-0.3, -0.25) is 4.98 Å². The number of aromatic nitrogens is 3. The minimum absolute atomic E-state index is 0.555. The van der Waals surface area contributed by atoms with Crippen LogP contribution in [0.4, 0.5) is 28.8 Å². The van der Waals surface area contributed by atoms with Gasteiger partial charge in [-0.05, 0) is 61.7 Å². The van der Waals surface area contributed by atoms with Crippen molar-refractivity contribution in [3.63, 3.8) is 0 Å². The summed E-state index contributed by atoms with van der Waals surface area (Å²) in [5, 5.41) is 7.75. The summed E-state index contributed by atoms with van der Waals surface area (Å²) >= 11 is 0. The molecule has 0 amide bonds. The van der Waals surface area contributed by atoms with Gasteiger partial charge in [-0.2, -0.15) is 4.98 Å². The highest BCUT2D eigenvalue weighted by atomic mass is 15.1. The fourth-order valence-corrected chi connectivity index (χ4v) is 3.87. The molecule has 0 unspecified atom stereocenters. The predicted molar refractivity (Wildman–Crippen MR) is 123 cm³/mol. The van der Waals surface area contributed by atoms with Crippen LogP contribution < -0.4 is 15.5 Å². The van der Waals surface area contributed by atoms with E-state index in [4.69, 9.17) is 0 Å². The maximum atomic E-state index is 4.61. The van der Waals surface area contributed by atoms with Crippen molar-refractivity contribution in [1.82, 2.24) is 15.0 Å². The molecule has 5 rings (SSSR count). The van der Waals surface area contributed by atoms with Crippen LogP contribution in [-0.4, -0.2) is 28.0 Å². The number of nitrogens with zero attached hydrogens (tertiary/aromatic N) is 4. The Labute approximate surface area is 176 Å². The molecule has 1 aliphatic heterocycles. The Morgan fingerprint density at radius 3 is 2.43 bits per heavy atom. The number of hydrogen-bond donors (Lipinski definition) is 2. The first kappa shape index (κ1) is 18.4. The van der Waals surface area contributed by atoms with Crippen LogP contribution in [0, 0.1) is 0 Å². The number of piperidine rings is 1. The molecule has 30 heavy (non-hydrogen) atoms. The normalized spacial score (nSPS) is 13.9. The van der Waals surface area contributed by atoms with Crippen molar-refractivity contribution < 1.29 is 0 Å². The molecule has 6 nitrogen and oxygen atoms in total. The first-order chi connectivity index (χ1) is 14.8. The van der Waals surface area contributed by atoms with Crippen molar-refractivity contribution in [1.29, 1.82) is 0 Å². The van der Waals surface area contributed by atoms with E-state index in [1.807, 2.05) is 36.4 Å². The maximum absolute atomic E-state index is 4.61. The quantitative estimate of drug-likeness (QED) is 0.464. The van der Waals surface area contributed by atoms with Crippen molar-refractivity contribution >= 4 is 39.7 Å². The number of para-hydroxylation sites is 1. The van der Waals surface area contributed by atoms with E-state index in [-0.39, 0.29) is 0 Å². The lowest BCUT2D eigenvalue weighted by Gasteiger charge is -2.28. The molecule has 0 bridgehead atoms. The van der Waals surface area contributed by atoms with E-state index in [2.05, 4.69) is 54.8 Å². The first-order valence-corrected chi connectivity index (χ1v) is 10.4. The molecule has 0 radical (unpaired) electrons. The monoisotopic (exact) mass is 396 g/mol. The van der Waals surface area contributed by atoms with Gasteiger partial charge in [0.1, 0.15) is 5.82 Å². The number of pyridine rings is 1. The van der Waals surface area contributed by atoms with Crippen molar-refractivity contribution in [2.75, 3.05) is 28.6 Å². The smallest absolute Gasteiger partial charge is 0.229 e. The lowest BCUT2D eigenvalue weighted by Crippen LogP contribution is -2.29. The van der Waals surface area contributed by atoms with Gasteiger partial charge in [0.2, 0.25) is 5.95 Å². The van der Waals surface area contributed by atoms with Gasteiger partial charge in [0.15, 0.2) is 0 Å². The van der Waals surface area contributed by atoms with Crippen LogP contribution in [0.3, 0.4) is 0 Å². The summed E-state index contributed by atoms with van der Waals surface area (Å²) in [6.07, 6.45) is 7.44. The number of hydrogen-bond acceptors (Lipinski definition) is 6. The summed E-state index contributed by atoms with van der Waals surface area (Å²) < 4.78 is 0. The Balaban J connectivity index is 1.31.